The second-order valence-electron chi connectivity index (χ2n) is 6.70. The van der Waals surface area contributed by atoms with Gasteiger partial charge in [-0.15, -0.1) is 0 Å². The maximum atomic E-state index is 13.1. The lowest BCUT2D eigenvalue weighted by molar-refractivity contribution is -0.144. The van der Waals surface area contributed by atoms with Gasteiger partial charge in [0.1, 0.15) is 5.60 Å². The van der Waals surface area contributed by atoms with E-state index >= 15 is 0 Å². The Bertz CT molecular complexity index is 849. The average Bonchev–Trinajstić information content (AvgIpc) is 3.40. The van der Waals surface area contributed by atoms with Gasteiger partial charge in [0.2, 0.25) is 0 Å². The molecule has 0 saturated carbocycles. The Balaban J connectivity index is 2.26. The fourth-order valence-electron chi connectivity index (χ4n) is 2.95. The standard InChI is InChI=1S/C18H8F12O/c19-15(20,21)10-1-8(2-11(5-10)16(22,23)24)14(7-31-14)9-3-12(17(25,26)27)6-13(4-9)18(28,29)30/h1-6H,7H2. The van der Waals surface area contributed by atoms with Crippen LogP contribution >= 0.6 is 0 Å². The molecule has 1 nitrogen and oxygen atoms in total. The van der Waals surface area contributed by atoms with Crippen molar-refractivity contribution in [1.29, 1.82) is 0 Å². The minimum Gasteiger partial charge on any atom is -0.359 e. The number of hydrogen-bond acceptors (Lipinski definition) is 1. The second kappa shape index (κ2) is 6.78. The Morgan fingerprint density at radius 2 is 0.710 bits per heavy atom. The fourth-order valence-corrected chi connectivity index (χ4v) is 2.95. The largest absolute Gasteiger partial charge is 0.416 e. The van der Waals surface area contributed by atoms with Gasteiger partial charge >= 0.3 is 24.7 Å². The van der Waals surface area contributed by atoms with Gasteiger partial charge in [0.15, 0.2) is 0 Å². The topological polar surface area (TPSA) is 12.5 Å². The highest BCUT2D eigenvalue weighted by molar-refractivity contribution is 5.48. The quantitative estimate of drug-likeness (QED) is 0.341. The summed E-state index contributed by atoms with van der Waals surface area (Å²) in [5.74, 6) is 0. The highest BCUT2D eigenvalue weighted by atomic mass is 19.4. The van der Waals surface area contributed by atoms with Crippen LogP contribution in [-0.4, -0.2) is 6.61 Å². The molecule has 2 aromatic rings. The third-order valence-corrected chi connectivity index (χ3v) is 4.54. The lowest BCUT2D eigenvalue weighted by atomic mass is 9.87. The molecule has 0 amide bonds. The van der Waals surface area contributed by atoms with Crippen molar-refractivity contribution in [3.05, 3.63) is 69.8 Å². The van der Waals surface area contributed by atoms with Crippen LogP contribution in [0.3, 0.4) is 0 Å². The van der Waals surface area contributed by atoms with E-state index in [9.17, 15) is 52.7 Å². The second-order valence-corrected chi connectivity index (χ2v) is 6.70. The van der Waals surface area contributed by atoms with Crippen molar-refractivity contribution < 1.29 is 57.4 Å². The summed E-state index contributed by atoms with van der Waals surface area (Å²) in [6.07, 6.45) is -21.1. The van der Waals surface area contributed by atoms with Crippen molar-refractivity contribution in [3.8, 4) is 0 Å². The van der Waals surface area contributed by atoms with E-state index in [1.807, 2.05) is 0 Å². The number of hydrogen-bond donors (Lipinski definition) is 0. The van der Waals surface area contributed by atoms with Crippen LogP contribution < -0.4 is 0 Å². The SMILES string of the molecule is FC(F)(F)c1cc(C(F)(F)F)cc(C2(c3cc(C(F)(F)F)cc(C(F)(F)F)c3)CO2)c1. The third-order valence-electron chi connectivity index (χ3n) is 4.54. The minimum atomic E-state index is -5.27. The number of halogens is 12. The van der Waals surface area contributed by atoms with Crippen LogP contribution in [0.2, 0.25) is 0 Å². The van der Waals surface area contributed by atoms with Gasteiger partial charge in [-0.05, 0) is 47.5 Å². The molecule has 1 aliphatic rings. The predicted molar refractivity (Wildman–Crippen MR) is 79.6 cm³/mol. The molecule has 1 heterocycles. The van der Waals surface area contributed by atoms with Crippen molar-refractivity contribution in [2.75, 3.05) is 6.61 Å². The zero-order valence-corrected chi connectivity index (χ0v) is 14.6. The van der Waals surface area contributed by atoms with Crippen molar-refractivity contribution in [2.45, 2.75) is 30.3 Å². The van der Waals surface area contributed by atoms with E-state index in [0.29, 0.717) is 0 Å². The highest BCUT2D eigenvalue weighted by Crippen LogP contribution is 2.50. The first-order valence-corrected chi connectivity index (χ1v) is 8.08. The van der Waals surface area contributed by atoms with Crippen molar-refractivity contribution in [1.82, 2.24) is 0 Å². The maximum absolute atomic E-state index is 13.1. The van der Waals surface area contributed by atoms with E-state index in [-0.39, 0.29) is 36.4 Å². The van der Waals surface area contributed by atoms with Crippen LogP contribution in [-0.2, 0) is 35.0 Å². The Morgan fingerprint density at radius 3 is 0.871 bits per heavy atom. The van der Waals surface area contributed by atoms with Gasteiger partial charge in [0.05, 0.1) is 28.9 Å². The Hall–Kier alpha value is -2.44. The van der Waals surface area contributed by atoms with Gasteiger partial charge in [0.25, 0.3) is 0 Å². The summed E-state index contributed by atoms with van der Waals surface area (Å²) in [6, 6.07) is 0.386. The molecule has 1 aliphatic heterocycles. The van der Waals surface area contributed by atoms with Crippen LogP contribution in [0.4, 0.5) is 52.7 Å². The lowest BCUT2D eigenvalue weighted by Crippen LogP contribution is -2.19. The van der Waals surface area contributed by atoms with Gasteiger partial charge in [-0.3, -0.25) is 0 Å². The average molecular weight is 468 g/mol. The summed E-state index contributed by atoms with van der Waals surface area (Å²) in [4.78, 5) is 0. The first-order chi connectivity index (χ1) is 13.8. The monoisotopic (exact) mass is 468 g/mol. The summed E-state index contributed by atoms with van der Waals surface area (Å²) >= 11 is 0. The van der Waals surface area contributed by atoms with Gasteiger partial charge in [0, 0.05) is 0 Å². The molecule has 31 heavy (non-hydrogen) atoms. The van der Waals surface area contributed by atoms with Crippen LogP contribution in [0.15, 0.2) is 36.4 Å². The van der Waals surface area contributed by atoms with Crippen LogP contribution in [0.5, 0.6) is 0 Å². The number of benzene rings is 2. The Labute approximate surface area is 165 Å². The summed E-state index contributed by atoms with van der Waals surface area (Å²) < 4.78 is 162. The molecule has 1 saturated heterocycles. The molecular weight excluding hydrogens is 460 g/mol. The fraction of sp³-hybridized carbons (Fsp3) is 0.333. The molecule has 0 atom stereocenters. The lowest BCUT2D eigenvalue weighted by Gasteiger charge is -2.21. The van der Waals surface area contributed by atoms with Crippen LogP contribution in [0, 0.1) is 0 Å². The molecule has 3 rings (SSSR count). The molecule has 0 radical (unpaired) electrons. The molecular formula is C18H8F12O. The molecule has 170 valence electrons. The number of rotatable bonds is 2. The zero-order chi connectivity index (χ0) is 23.6. The summed E-state index contributed by atoms with van der Waals surface area (Å²) in [6.45, 7) is -0.718. The molecule has 0 aromatic heterocycles. The smallest absolute Gasteiger partial charge is 0.359 e. The molecule has 0 spiro atoms. The summed E-state index contributed by atoms with van der Waals surface area (Å²) in [5.41, 5.74) is -11.2. The van der Waals surface area contributed by atoms with E-state index in [2.05, 4.69) is 0 Å². The van der Waals surface area contributed by atoms with Crippen molar-refractivity contribution in [2.24, 2.45) is 0 Å². The molecule has 0 bridgehead atoms. The van der Waals surface area contributed by atoms with Crippen LogP contribution in [0.25, 0.3) is 0 Å². The van der Waals surface area contributed by atoms with E-state index < -0.39 is 70.3 Å². The Morgan fingerprint density at radius 1 is 0.484 bits per heavy atom. The molecule has 0 N–H and O–H groups in total. The van der Waals surface area contributed by atoms with Crippen molar-refractivity contribution in [3.63, 3.8) is 0 Å². The van der Waals surface area contributed by atoms with Gasteiger partial charge in [-0.25, -0.2) is 0 Å². The van der Waals surface area contributed by atoms with Crippen LogP contribution in [0.1, 0.15) is 33.4 Å². The molecule has 1 fully saturated rings. The molecule has 13 heteroatoms. The van der Waals surface area contributed by atoms with Crippen molar-refractivity contribution >= 4 is 0 Å². The first-order valence-electron chi connectivity index (χ1n) is 8.08. The van der Waals surface area contributed by atoms with E-state index in [1.54, 1.807) is 0 Å². The molecule has 2 aromatic carbocycles. The first kappa shape index (κ1) is 23.2. The van der Waals surface area contributed by atoms with E-state index in [0.717, 1.165) is 0 Å². The normalized spacial score (nSPS) is 17.0. The number of alkyl halides is 12. The van der Waals surface area contributed by atoms with Gasteiger partial charge in [-0.1, -0.05) is 0 Å². The summed E-state index contributed by atoms with van der Waals surface area (Å²) in [7, 11) is 0. The maximum Gasteiger partial charge on any atom is 0.416 e. The third kappa shape index (κ3) is 4.60. The molecule has 0 aliphatic carbocycles. The van der Waals surface area contributed by atoms with Gasteiger partial charge < -0.3 is 4.74 Å². The predicted octanol–water partition coefficient (Wildman–Crippen LogP) is 7.04. The highest BCUT2D eigenvalue weighted by Gasteiger charge is 2.52. The summed E-state index contributed by atoms with van der Waals surface area (Å²) in [5, 5.41) is 0. The molecule has 0 unspecified atom stereocenters. The van der Waals surface area contributed by atoms with E-state index in [1.165, 1.54) is 0 Å². The Kier molecular flexibility index (Phi) is 5.08. The minimum absolute atomic E-state index is 0.204. The zero-order valence-electron chi connectivity index (χ0n) is 14.6. The van der Waals surface area contributed by atoms with Gasteiger partial charge in [-0.2, -0.15) is 52.7 Å². The number of ether oxygens (including phenoxy) is 1. The van der Waals surface area contributed by atoms with E-state index in [4.69, 9.17) is 4.74 Å². The number of epoxide rings is 1.